The van der Waals surface area contributed by atoms with Crippen LogP contribution in [0.2, 0.25) is 0 Å². The van der Waals surface area contributed by atoms with Crippen molar-refractivity contribution in [2.75, 3.05) is 13.3 Å². The molecule has 0 saturated carbocycles. The van der Waals surface area contributed by atoms with E-state index in [2.05, 4.69) is 6.58 Å². The van der Waals surface area contributed by atoms with Crippen LogP contribution in [0.5, 0.6) is 0 Å². The van der Waals surface area contributed by atoms with Crippen LogP contribution < -0.4 is 0 Å². The minimum absolute atomic E-state index is 0.0880. The smallest absolute Gasteiger partial charge is 0.339 e. The topological polar surface area (TPSA) is 55.8 Å². The highest BCUT2D eigenvalue weighted by molar-refractivity contribution is 5.89. The van der Waals surface area contributed by atoms with Crippen LogP contribution in [-0.4, -0.2) is 36.3 Å². The number of esters is 1. The van der Waals surface area contributed by atoms with Gasteiger partial charge in [-0.3, -0.25) is 9.69 Å². The van der Waals surface area contributed by atoms with Crippen molar-refractivity contribution in [3.63, 3.8) is 0 Å². The second kappa shape index (κ2) is 6.15. The molecule has 1 atom stereocenters. The highest BCUT2D eigenvalue weighted by atomic mass is 16.6. The summed E-state index contributed by atoms with van der Waals surface area (Å²) in [7, 11) is 0. The number of likely N-dealkylation sites (tertiary alicyclic amines) is 1. The zero-order chi connectivity index (χ0) is 13.7. The minimum Gasteiger partial charge on any atom is -0.440 e. The molecular weight excluding hydrogens is 246 g/mol. The maximum absolute atomic E-state index is 11.7. The van der Waals surface area contributed by atoms with Crippen LogP contribution in [0.3, 0.4) is 0 Å². The maximum atomic E-state index is 11.7. The van der Waals surface area contributed by atoms with Crippen LogP contribution in [0.15, 0.2) is 43.0 Å². The van der Waals surface area contributed by atoms with Gasteiger partial charge in [0.15, 0.2) is 6.73 Å². The van der Waals surface area contributed by atoms with E-state index in [0.717, 1.165) is 0 Å². The molecule has 1 aromatic rings. The van der Waals surface area contributed by atoms with E-state index in [-0.39, 0.29) is 18.9 Å². The summed E-state index contributed by atoms with van der Waals surface area (Å²) in [5.41, 5.74) is 0.457. The molecule has 100 valence electrons. The molecule has 1 fully saturated rings. The predicted octanol–water partition coefficient (Wildman–Crippen LogP) is 1.56. The van der Waals surface area contributed by atoms with Gasteiger partial charge in [-0.05, 0) is 12.1 Å². The molecule has 2 rings (SSSR count). The molecule has 0 spiro atoms. The third kappa shape index (κ3) is 3.20. The number of hydrogen-bond donors (Lipinski definition) is 0. The molecule has 0 aromatic heterocycles. The van der Waals surface area contributed by atoms with Gasteiger partial charge >= 0.3 is 5.97 Å². The number of nitrogens with zero attached hydrogens (tertiary/aromatic N) is 1. The molecule has 1 saturated heterocycles. The number of hydrogen-bond acceptors (Lipinski definition) is 4. The first-order chi connectivity index (χ1) is 9.22. The number of carbonyl (C=O) groups excluding carboxylic acids is 2. The van der Waals surface area contributed by atoms with E-state index in [9.17, 15) is 9.59 Å². The summed E-state index contributed by atoms with van der Waals surface area (Å²) in [6.07, 6.45) is 1.60. The summed E-state index contributed by atoms with van der Waals surface area (Å²) < 4.78 is 10.4. The van der Waals surface area contributed by atoms with E-state index in [1.165, 1.54) is 4.90 Å². The van der Waals surface area contributed by atoms with Crippen molar-refractivity contribution in [1.29, 1.82) is 0 Å². The van der Waals surface area contributed by atoms with E-state index in [4.69, 9.17) is 9.47 Å². The third-order valence-corrected chi connectivity index (χ3v) is 2.77. The molecule has 0 aliphatic carbocycles. The molecule has 5 heteroatoms. The van der Waals surface area contributed by atoms with Gasteiger partial charge in [-0.2, -0.15) is 0 Å². The fourth-order valence-corrected chi connectivity index (χ4v) is 1.69. The summed E-state index contributed by atoms with van der Waals surface area (Å²) in [4.78, 5) is 24.5. The quantitative estimate of drug-likeness (QED) is 0.443. The average Bonchev–Trinajstić information content (AvgIpc) is 2.44. The Balaban J connectivity index is 1.83. The number of benzene rings is 1. The lowest BCUT2D eigenvalue weighted by molar-refractivity contribution is -0.182. The average molecular weight is 261 g/mol. The Hall–Kier alpha value is -2.14. The highest BCUT2D eigenvalue weighted by Gasteiger charge is 2.37. The lowest BCUT2D eigenvalue weighted by Gasteiger charge is -2.38. The van der Waals surface area contributed by atoms with Gasteiger partial charge in [-0.25, -0.2) is 4.79 Å². The van der Waals surface area contributed by atoms with Crippen LogP contribution in [-0.2, 0) is 14.3 Å². The standard InChI is InChI=1S/C14H15NO4/c1-2-8-18-13-9-12(16)15(13)10-19-14(17)11-6-4-3-5-7-11/h2-7,13H,1,8-10H2. The van der Waals surface area contributed by atoms with Crippen molar-refractivity contribution >= 4 is 11.9 Å². The molecule has 19 heavy (non-hydrogen) atoms. The number of carbonyl (C=O) groups is 2. The van der Waals surface area contributed by atoms with E-state index >= 15 is 0 Å². The molecule has 0 bridgehead atoms. The molecule has 1 heterocycles. The predicted molar refractivity (Wildman–Crippen MR) is 68.1 cm³/mol. The van der Waals surface area contributed by atoms with Gasteiger partial charge < -0.3 is 9.47 Å². The van der Waals surface area contributed by atoms with Gasteiger partial charge in [0.25, 0.3) is 0 Å². The van der Waals surface area contributed by atoms with Gasteiger partial charge in [-0.15, -0.1) is 6.58 Å². The Kier molecular flexibility index (Phi) is 4.30. The molecule has 0 radical (unpaired) electrons. The molecule has 1 aliphatic heterocycles. The van der Waals surface area contributed by atoms with Gasteiger partial charge in [0.05, 0.1) is 18.6 Å². The van der Waals surface area contributed by atoms with Crippen molar-refractivity contribution < 1.29 is 19.1 Å². The molecule has 1 amide bonds. The Morgan fingerprint density at radius 3 is 2.79 bits per heavy atom. The molecule has 0 N–H and O–H groups in total. The lowest BCUT2D eigenvalue weighted by atomic mass is 10.2. The van der Waals surface area contributed by atoms with E-state index in [1.807, 2.05) is 6.07 Å². The number of rotatable bonds is 6. The highest BCUT2D eigenvalue weighted by Crippen LogP contribution is 2.20. The molecule has 1 unspecified atom stereocenters. The Morgan fingerprint density at radius 1 is 1.42 bits per heavy atom. The summed E-state index contributed by atoms with van der Waals surface area (Å²) in [5.74, 6) is -0.544. The fourth-order valence-electron chi connectivity index (χ4n) is 1.69. The summed E-state index contributed by atoms with van der Waals surface area (Å²) in [5, 5.41) is 0. The fraction of sp³-hybridized carbons (Fsp3) is 0.286. The SMILES string of the molecule is C=CCOC1CC(=O)N1COC(=O)c1ccccc1. The summed E-state index contributed by atoms with van der Waals surface area (Å²) in [6, 6.07) is 8.63. The number of amides is 1. The normalized spacial score (nSPS) is 17.8. The second-order valence-electron chi connectivity index (χ2n) is 4.07. The second-order valence-corrected chi connectivity index (χ2v) is 4.07. The third-order valence-electron chi connectivity index (χ3n) is 2.77. The summed E-state index contributed by atoms with van der Waals surface area (Å²) in [6.45, 7) is 3.81. The van der Waals surface area contributed by atoms with Crippen LogP contribution >= 0.6 is 0 Å². The Morgan fingerprint density at radius 2 is 2.16 bits per heavy atom. The van der Waals surface area contributed by atoms with Crippen LogP contribution in [0.1, 0.15) is 16.8 Å². The van der Waals surface area contributed by atoms with E-state index < -0.39 is 5.97 Å². The van der Waals surface area contributed by atoms with Crippen molar-refractivity contribution in [2.45, 2.75) is 12.6 Å². The first kappa shape index (κ1) is 13.3. The number of β-lactam (4-membered cyclic amide) rings is 1. The molecule has 1 aromatic carbocycles. The van der Waals surface area contributed by atoms with Gasteiger partial charge in [0.1, 0.15) is 6.23 Å². The van der Waals surface area contributed by atoms with Gasteiger partial charge in [0.2, 0.25) is 5.91 Å². The molecule has 1 aliphatic rings. The van der Waals surface area contributed by atoms with Crippen molar-refractivity contribution in [1.82, 2.24) is 4.90 Å². The molecule has 5 nitrogen and oxygen atoms in total. The number of ether oxygens (including phenoxy) is 2. The van der Waals surface area contributed by atoms with Crippen LogP contribution in [0.25, 0.3) is 0 Å². The Bertz CT molecular complexity index is 472. The minimum atomic E-state index is -0.456. The zero-order valence-corrected chi connectivity index (χ0v) is 10.5. The molecular formula is C14H15NO4. The van der Waals surface area contributed by atoms with Crippen LogP contribution in [0.4, 0.5) is 0 Å². The first-order valence-electron chi connectivity index (χ1n) is 5.96. The lowest BCUT2D eigenvalue weighted by Crippen LogP contribution is -2.54. The maximum Gasteiger partial charge on any atom is 0.339 e. The van der Waals surface area contributed by atoms with Gasteiger partial charge in [-0.1, -0.05) is 24.3 Å². The zero-order valence-electron chi connectivity index (χ0n) is 10.5. The van der Waals surface area contributed by atoms with E-state index in [0.29, 0.717) is 18.6 Å². The summed E-state index contributed by atoms with van der Waals surface area (Å²) >= 11 is 0. The first-order valence-corrected chi connectivity index (χ1v) is 5.96. The monoisotopic (exact) mass is 261 g/mol. The van der Waals surface area contributed by atoms with Crippen molar-refractivity contribution in [3.05, 3.63) is 48.6 Å². The van der Waals surface area contributed by atoms with E-state index in [1.54, 1.807) is 30.3 Å². The van der Waals surface area contributed by atoms with Crippen LogP contribution in [0, 0.1) is 0 Å². The van der Waals surface area contributed by atoms with Crippen molar-refractivity contribution in [2.24, 2.45) is 0 Å². The Labute approximate surface area is 111 Å². The van der Waals surface area contributed by atoms with Crippen molar-refractivity contribution in [3.8, 4) is 0 Å². The largest absolute Gasteiger partial charge is 0.440 e. The van der Waals surface area contributed by atoms with Gasteiger partial charge in [0, 0.05) is 0 Å².